The minimum absolute atomic E-state index is 0.458. The average Bonchev–Trinajstić information content (AvgIpc) is 2.23. The van der Waals surface area contributed by atoms with Crippen LogP contribution < -0.4 is 10.6 Å². The molecule has 1 aliphatic rings. The molecule has 1 aromatic heterocycles. The molecule has 1 aromatic rings. The average molecular weight is 206 g/mol. The molecule has 0 amide bonds. The third kappa shape index (κ3) is 2.45. The van der Waals surface area contributed by atoms with Crippen molar-refractivity contribution < 1.29 is 0 Å². The summed E-state index contributed by atoms with van der Waals surface area (Å²) in [6.07, 6.45) is 7.67. The molecule has 0 atom stereocenters. The predicted octanol–water partition coefficient (Wildman–Crippen LogP) is 1.17. The van der Waals surface area contributed by atoms with Crippen molar-refractivity contribution in [2.75, 3.05) is 18.5 Å². The van der Waals surface area contributed by atoms with Gasteiger partial charge in [-0.1, -0.05) is 6.42 Å². The molecule has 2 rings (SSSR count). The summed E-state index contributed by atoms with van der Waals surface area (Å²) in [4.78, 5) is 10.8. The first-order valence-corrected chi connectivity index (χ1v) is 5.51. The van der Waals surface area contributed by atoms with Gasteiger partial charge in [0.2, 0.25) is 0 Å². The van der Waals surface area contributed by atoms with E-state index in [0.29, 0.717) is 6.54 Å². The van der Waals surface area contributed by atoms with Gasteiger partial charge in [-0.25, -0.2) is 4.98 Å². The molecule has 4 nitrogen and oxygen atoms in total. The molecular weight excluding hydrogens is 188 g/mol. The predicted molar refractivity (Wildman–Crippen MR) is 60.5 cm³/mol. The van der Waals surface area contributed by atoms with Crippen molar-refractivity contribution in [3.05, 3.63) is 18.1 Å². The van der Waals surface area contributed by atoms with Crippen molar-refractivity contribution in [3.63, 3.8) is 0 Å². The Labute approximate surface area is 90.5 Å². The zero-order chi connectivity index (χ0) is 10.7. The van der Waals surface area contributed by atoms with Gasteiger partial charge in [0.15, 0.2) is 0 Å². The van der Waals surface area contributed by atoms with Crippen LogP contribution in [0.3, 0.4) is 0 Å². The topological polar surface area (TPSA) is 55.0 Å². The van der Waals surface area contributed by atoms with Crippen LogP contribution in [0.5, 0.6) is 0 Å². The second-order valence-corrected chi connectivity index (χ2v) is 4.25. The molecule has 82 valence electrons. The van der Waals surface area contributed by atoms with Crippen LogP contribution >= 0.6 is 0 Å². The van der Waals surface area contributed by atoms with E-state index >= 15 is 0 Å². The second-order valence-electron chi connectivity index (χ2n) is 4.25. The lowest BCUT2D eigenvalue weighted by molar-refractivity contribution is 0.321. The summed E-state index contributed by atoms with van der Waals surface area (Å²) in [7, 11) is 2.07. The summed E-state index contributed by atoms with van der Waals surface area (Å²) in [5, 5.41) is 0. The van der Waals surface area contributed by atoms with Gasteiger partial charge in [0.1, 0.15) is 5.82 Å². The Morgan fingerprint density at radius 1 is 1.40 bits per heavy atom. The number of anilines is 1. The van der Waals surface area contributed by atoms with E-state index < -0.39 is 0 Å². The van der Waals surface area contributed by atoms with E-state index in [4.69, 9.17) is 5.73 Å². The molecule has 15 heavy (non-hydrogen) atoms. The molecule has 0 bridgehead atoms. The van der Waals surface area contributed by atoms with E-state index in [9.17, 15) is 0 Å². The maximum atomic E-state index is 5.47. The van der Waals surface area contributed by atoms with Crippen LogP contribution in [0.2, 0.25) is 0 Å². The molecular formula is C11H18N4. The van der Waals surface area contributed by atoms with Crippen molar-refractivity contribution >= 4 is 5.82 Å². The summed E-state index contributed by atoms with van der Waals surface area (Å²) in [6, 6.07) is 0. The zero-order valence-electron chi connectivity index (χ0n) is 9.19. The van der Waals surface area contributed by atoms with E-state index in [-0.39, 0.29) is 0 Å². The molecule has 0 aromatic carbocycles. The molecule has 0 unspecified atom stereocenters. The van der Waals surface area contributed by atoms with Crippen LogP contribution in [0, 0.1) is 5.92 Å². The molecule has 1 aliphatic carbocycles. The van der Waals surface area contributed by atoms with Crippen molar-refractivity contribution in [2.45, 2.75) is 25.8 Å². The first kappa shape index (κ1) is 10.4. The largest absolute Gasteiger partial charge is 0.358 e. The van der Waals surface area contributed by atoms with Gasteiger partial charge in [-0.15, -0.1) is 0 Å². The van der Waals surface area contributed by atoms with Crippen LogP contribution in [-0.2, 0) is 6.54 Å². The highest BCUT2D eigenvalue weighted by Crippen LogP contribution is 2.27. The van der Waals surface area contributed by atoms with E-state index in [2.05, 4.69) is 21.9 Å². The lowest BCUT2D eigenvalue weighted by Crippen LogP contribution is -2.29. The van der Waals surface area contributed by atoms with Crippen LogP contribution in [0.15, 0.2) is 12.4 Å². The maximum absolute atomic E-state index is 5.47. The van der Waals surface area contributed by atoms with Gasteiger partial charge in [0.05, 0.1) is 18.1 Å². The highest BCUT2D eigenvalue weighted by atomic mass is 15.2. The molecule has 0 radical (unpaired) electrons. The van der Waals surface area contributed by atoms with Crippen molar-refractivity contribution in [2.24, 2.45) is 11.7 Å². The van der Waals surface area contributed by atoms with Gasteiger partial charge in [-0.2, -0.15) is 0 Å². The number of rotatable bonds is 4. The zero-order valence-corrected chi connectivity index (χ0v) is 9.19. The fourth-order valence-electron chi connectivity index (χ4n) is 1.81. The summed E-state index contributed by atoms with van der Waals surface area (Å²) < 4.78 is 0. The Morgan fingerprint density at radius 2 is 2.20 bits per heavy atom. The van der Waals surface area contributed by atoms with Crippen LogP contribution in [0.1, 0.15) is 25.0 Å². The van der Waals surface area contributed by atoms with Gasteiger partial charge in [0.25, 0.3) is 0 Å². The Kier molecular flexibility index (Phi) is 3.16. The summed E-state index contributed by atoms with van der Waals surface area (Å²) in [5.41, 5.74) is 6.31. The fraction of sp³-hybridized carbons (Fsp3) is 0.636. The third-order valence-corrected chi connectivity index (χ3v) is 3.05. The molecule has 1 fully saturated rings. The van der Waals surface area contributed by atoms with Crippen molar-refractivity contribution in [1.82, 2.24) is 9.97 Å². The van der Waals surface area contributed by atoms with E-state index in [0.717, 1.165) is 24.0 Å². The van der Waals surface area contributed by atoms with Crippen LogP contribution in [0.25, 0.3) is 0 Å². The van der Waals surface area contributed by atoms with Gasteiger partial charge in [-0.05, 0) is 18.8 Å². The molecule has 4 heteroatoms. The molecule has 0 saturated heterocycles. The maximum Gasteiger partial charge on any atom is 0.146 e. The molecule has 2 N–H and O–H groups in total. The summed E-state index contributed by atoms with van der Waals surface area (Å²) >= 11 is 0. The monoisotopic (exact) mass is 206 g/mol. The van der Waals surface area contributed by atoms with E-state index in [1.165, 1.54) is 19.3 Å². The molecule has 1 saturated carbocycles. The van der Waals surface area contributed by atoms with Crippen LogP contribution in [-0.4, -0.2) is 23.6 Å². The minimum atomic E-state index is 0.458. The van der Waals surface area contributed by atoms with Gasteiger partial charge in [-0.3, -0.25) is 4.98 Å². The molecule has 0 aliphatic heterocycles. The third-order valence-electron chi connectivity index (χ3n) is 3.05. The standard InChI is InChI=1S/C11H18N4/c1-15(8-9-3-2-4-9)11-7-13-10(5-12)6-14-11/h6-7,9H,2-5,8,12H2,1H3. The van der Waals surface area contributed by atoms with Gasteiger partial charge in [0, 0.05) is 20.1 Å². The Morgan fingerprint density at radius 3 is 2.67 bits per heavy atom. The van der Waals surface area contributed by atoms with Crippen LogP contribution in [0.4, 0.5) is 5.82 Å². The number of nitrogens with zero attached hydrogens (tertiary/aromatic N) is 3. The van der Waals surface area contributed by atoms with Crippen molar-refractivity contribution in [1.29, 1.82) is 0 Å². The smallest absolute Gasteiger partial charge is 0.146 e. The lowest BCUT2D eigenvalue weighted by atomic mass is 9.85. The summed E-state index contributed by atoms with van der Waals surface area (Å²) in [5.74, 6) is 1.80. The van der Waals surface area contributed by atoms with Crippen molar-refractivity contribution in [3.8, 4) is 0 Å². The number of hydrogen-bond acceptors (Lipinski definition) is 4. The summed E-state index contributed by atoms with van der Waals surface area (Å²) in [6.45, 7) is 1.55. The highest BCUT2D eigenvalue weighted by Gasteiger charge is 2.19. The van der Waals surface area contributed by atoms with E-state index in [1.54, 1.807) is 12.4 Å². The Hall–Kier alpha value is -1.16. The van der Waals surface area contributed by atoms with E-state index in [1.807, 2.05) is 0 Å². The number of aromatic nitrogens is 2. The Bertz CT molecular complexity index is 305. The van der Waals surface area contributed by atoms with Gasteiger partial charge >= 0.3 is 0 Å². The molecule has 0 spiro atoms. The fourth-order valence-corrected chi connectivity index (χ4v) is 1.81. The first-order chi connectivity index (χ1) is 7.29. The Balaban J connectivity index is 1.94. The van der Waals surface area contributed by atoms with Gasteiger partial charge < -0.3 is 10.6 Å². The minimum Gasteiger partial charge on any atom is -0.358 e. The molecule has 1 heterocycles. The highest BCUT2D eigenvalue weighted by molar-refractivity contribution is 5.34. The SMILES string of the molecule is CN(CC1CCC1)c1cnc(CN)cn1. The second kappa shape index (κ2) is 4.57. The number of hydrogen-bond donors (Lipinski definition) is 1. The quantitative estimate of drug-likeness (QED) is 0.803. The lowest BCUT2D eigenvalue weighted by Gasteiger charge is -2.30. The first-order valence-electron chi connectivity index (χ1n) is 5.51. The number of nitrogens with two attached hydrogens (primary N) is 1. The normalized spacial score (nSPS) is 16.1.